The molecule has 1 aromatic carbocycles. The Labute approximate surface area is 249 Å². The molecule has 5 rings (SSSR count). The van der Waals surface area contributed by atoms with Crippen LogP contribution in [-0.2, 0) is 21.5 Å². The summed E-state index contributed by atoms with van der Waals surface area (Å²) in [5.74, 6) is 1.02. The minimum atomic E-state index is -3.52. The Bertz CT molecular complexity index is 1650. The zero-order valence-electron chi connectivity index (χ0n) is 25.5. The van der Waals surface area contributed by atoms with Crippen LogP contribution in [0.5, 0.6) is 0 Å². The largest absolute Gasteiger partial charge is 0.361 e. The van der Waals surface area contributed by atoms with Crippen molar-refractivity contribution in [1.82, 2.24) is 19.2 Å². The fraction of sp³-hybridized carbons (Fsp3) is 0.484. The van der Waals surface area contributed by atoms with E-state index in [-0.39, 0.29) is 11.7 Å². The Morgan fingerprint density at radius 2 is 1.88 bits per heavy atom. The molecule has 42 heavy (non-hydrogen) atoms. The van der Waals surface area contributed by atoms with Gasteiger partial charge in [-0.3, -0.25) is 4.31 Å². The van der Waals surface area contributed by atoms with Crippen molar-refractivity contribution in [3.05, 3.63) is 60.3 Å². The maximum absolute atomic E-state index is 13.9. The Hall–Kier alpha value is -3.02. The van der Waals surface area contributed by atoms with Crippen LogP contribution in [-0.4, -0.2) is 55.1 Å². The highest BCUT2D eigenvalue weighted by Gasteiger charge is 2.32. The van der Waals surface area contributed by atoms with Gasteiger partial charge in [0.25, 0.3) is 0 Å². The SMILES string of the molecule is CC(C)CCN(c1cn2nc(-c3ccc(F)cc3)c(-c3nccn3COCC[Si](C)(C)C)c2cc1C1CC1)S(C)(=O)=O. The standard InChI is InChI=1S/C31H42FN5O3SSi/c1-22(2)13-15-37(41(3,38)39)28-20-36-27(19-26(28)23-7-8-23)29(30(34-36)24-9-11-25(32)12-10-24)31-33-14-16-35(31)21-40-17-18-42(4,5)6/h9-12,14,16,19-20,22-23H,7-8,13,15,17-18,21H2,1-6H3. The van der Waals surface area contributed by atoms with Gasteiger partial charge in [0.2, 0.25) is 10.0 Å². The summed E-state index contributed by atoms with van der Waals surface area (Å²) < 4.78 is 51.4. The van der Waals surface area contributed by atoms with E-state index in [4.69, 9.17) is 14.8 Å². The molecule has 0 unspecified atom stereocenters. The molecular weight excluding hydrogens is 570 g/mol. The second kappa shape index (κ2) is 11.9. The summed E-state index contributed by atoms with van der Waals surface area (Å²) >= 11 is 0. The number of fused-ring (bicyclic) bond motifs is 1. The van der Waals surface area contributed by atoms with Crippen LogP contribution in [0, 0.1) is 11.7 Å². The number of ether oxygens (including phenoxy) is 1. The van der Waals surface area contributed by atoms with Crippen molar-refractivity contribution in [3.8, 4) is 22.6 Å². The van der Waals surface area contributed by atoms with Gasteiger partial charge in [-0.25, -0.2) is 22.3 Å². The van der Waals surface area contributed by atoms with Crippen LogP contribution in [0.1, 0.15) is 44.6 Å². The highest BCUT2D eigenvalue weighted by molar-refractivity contribution is 7.92. The average molecular weight is 612 g/mol. The molecule has 3 aromatic heterocycles. The van der Waals surface area contributed by atoms with Gasteiger partial charge >= 0.3 is 0 Å². The van der Waals surface area contributed by atoms with Crippen molar-refractivity contribution in [1.29, 1.82) is 0 Å². The highest BCUT2D eigenvalue weighted by atomic mass is 32.2. The zero-order chi connectivity index (χ0) is 30.2. The average Bonchev–Trinajstić information content (AvgIpc) is 3.53. The molecule has 0 bridgehead atoms. The Kier molecular flexibility index (Phi) is 8.64. The van der Waals surface area contributed by atoms with Crippen molar-refractivity contribution in [2.75, 3.05) is 23.7 Å². The molecule has 0 spiro atoms. The molecule has 3 heterocycles. The minimum Gasteiger partial charge on any atom is -0.361 e. The van der Waals surface area contributed by atoms with Crippen molar-refractivity contribution in [2.24, 2.45) is 5.92 Å². The molecule has 226 valence electrons. The molecule has 0 radical (unpaired) electrons. The molecule has 1 aliphatic rings. The molecule has 0 saturated heterocycles. The van der Waals surface area contributed by atoms with Gasteiger partial charge < -0.3 is 9.30 Å². The van der Waals surface area contributed by atoms with Gasteiger partial charge in [-0.05, 0) is 73.0 Å². The van der Waals surface area contributed by atoms with Gasteiger partial charge in [-0.1, -0.05) is 33.5 Å². The number of halogens is 1. The maximum atomic E-state index is 13.9. The monoisotopic (exact) mass is 611 g/mol. The van der Waals surface area contributed by atoms with Crippen LogP contribution in [0.15, 0.2) is 48.9 Å². The molecule has 1 aliphatic carbocycles. The fourth-order valence-electron chi connectivity index (χ4n) is 5.08. The molecule has 11 heteroatoms. The molecule has 0 N–H and O–H groups in total. The van der Waals surface area contributed by atoms with Crippen molar-refractivity contribution in [3.63, 3.8) is 0 Å². The van der Waals surface area contributed by atoms with Gasteiger partial charge in [0.05, 0.1) is 29.2 Å². The van der Waals surface area contributed by atoms with Crippen LogP contribution in [0.4, 0.5) is 10.1 Å². The predicted octanol–water partition coefficient (Wildman–Crippen LogP) is 7.01. The van der Waals surface area contributed by atoms with Gasteiger partial charge in [0.1, 0.15) is 24.1 Å². The number of imidazole rings is 1. The van der Waals surface area contributed by atoms with Crippen molar-refractivity contribution >= 4 is 29.3 Å². The molecule has 1 saturated carbocycles. The Balaban J connectivity index is 1.66. The summed E-state index contributed by atoms with van der Waals surface area (Å²) in [6.45, 7) is 12.6. The molecule has 0 amide bonds. The number of rotatable bonds is 13. The molecule has 0 aliphatic heterocycles. The third-order valence-electron chi connectivity index (χ3n) is 7.66. The number of anilines is 1. The summed E-state index contributed by atoms with van der Waals surface area (Å²) in [6.07, 6.45) is 9.54. The lowest BCUT2D eigenvalue weighted by Gasteiger charge is -2.26. The van der Waals surface area contributed by atoms with E-state index >= 15 is 0 Å². The van der Waals surface area contributed by atoms with Crippen molar-refractivity contribution in [2.45, 2.75) is 71.4 Å². The smallest absolute Gasteiger partial charge is 0.232 e. The van der Waals surface area contributed by atoms with Gasteiger partial charge in [0, 0.05) is 39.2 Å². The van der Waals surface area contributed by atoms with E-state index in [1.54, 1.807) is 22.8 Å². The molecular formula is C31H42FN5O3SSi. The van der Waals surface area contributed by atoms with Crippen LogP contribution < -0.4 is 4.31 Å². The number of hydrogen-bond acceptors (Lipinski definition) is 5. The lowest BCUT2D eigenvalue weighted by Crippen LogP contribution is -2.32. The summed E-state index contributed by atoms with van der Waals surface area (Å²) in [7, 11) is -4.76. The van der Waals surface area contributed by atoms with E-state index < -0.39 is 18.1 Å². The topological polar surface area (TPSA) is 81.7 Å². The maximum Gasteiger partial charge on any atom is 0.232 e. The van der Waals surface area contributed by atoms with Crippen LogP contribution in [0.3, 0.4) is 0 Å². The molecule has 8 nitrogen and oxygen atoms in total. The molecule has 4 aromatic rings. The lowest BCUT2D eigenvalue weighted by atomic mass is 10.0. The van der Waals surface area contributed by atoms with E-state index in [2.05, 4.69) is 39.6 Å². The Morgan fingerprint density at radius 3 is 2.50 bits per heavy atom. The Morgan fingerprint density at radius 1 is 1.17 bits per heavy atom. The second-order valence-electron chi connectivity index (χ2n) is 13.0. The fourth-order valence-corrected chi connectivity index (χ4v) is 6.78. The first-order valence-electron chi connectivity index (χ1n) is 14.7. The van der Waals surface area contributed by atoms with Crippen LogP contribution in [0.25, 0.3) is 28.2 Å². The normalized spacial score (nSPS) is 14.3. The first-order valence-corrected chi connectivity index (χ1v) is 20.3. The van der Waals surface area contributed by atoms with Crippen LogP contribution >= 0.6 is 0 Å². The lowest BCUT2D eigenvalue weighted by molar-refractivity contribution is 0.0883. The second-order valence-corrected chi connectivity index (χ2v) is 20.6. The predicted molar refractivity (Wildman–Crippen MR) is 170 cm³/mol. The van der Waals surface area contributed by atoms with Crippen LogP contribution in [0.2, 0.25) is 25.7 Å². The number of benzene rings is 1. The first-order chi connectivity index (χ1) is 19.8. The number of aromatic nitrogens is 4. The number of hydrogen-bond donors (Lipinski definition) is 0. The molecule has 0 atom stereocenters. The first kappa shape index (κ1) is 30.4. The summed E-state index contributed by atoms with van der Waals surface area (Å²) in [4.78, 5) is 4.73. The number of nitrogens with zero attached hydrogens (tertiary/aromatic N) is 5. The van der Waals surface area contributed by atoms with E-state index in [0.29, 0.717) is 43.0 Å². The minimum absolute atomic E-state index is 0.287. The van der Waals surface area contributed by atoms with E-state index in [1.807, 2.05) is 17.0 Å². The third kappa shape index (κ3) is 6.95. The summed E-state index contributed by atoms with van der Waals surface area (Å²) in [5.41, 5.74) is 4.71. The summed E-state index contributed by atoms with van der Waals surface area (Å²) in [5, 5.41) is 4.96. The number of pyridine rings is 1. The van der Waals surface area contributed by atoms with Gasteiger partial charge in [0.15, 0.2) is 0 Å². The van der Waals surface area contributed by atoms with E-state index in [0.717, 1.165) is 47.5 Å². The summed E-state index contributed by atoms with van der Waals surface area (Å²) in [6, 6.07) is 9.43. The van der Waals surface area contributed by atoms with Crippen molar-refractivity contribution < 1.29 is 17.5 Å². The van der Waals surface area contributed by atoms with Gasteiger partial charge in [-0.15, -0.1) is 0 Å². The third-order valence-corrected chi connectivity index (χ3v) is 10.5. The van der Waals surface area contributed by atoms with Gasteiger partial charge in [-0.2, -0.15) is 5.10 Å². The number of sulfonamides is 1. The molecule has 1 fully saturated rings. The van der Waals surface area contributed by atoms with E-state index in [9.17, 15) is 12.8 Å². The van der Waals surface area contributed by atoms with E-state index in [1.165, 1.54) is 22.7 Å². The highest BCUT2D eigenvalue weighted by Crippen LogP contribution is 2.47. The quantitative estimate of drug-likeness (QED) is 0.120. The zero-order valence-corrected chi connectivity index (χ0v) is 27.3.